The number of guanidine groups is 1. The number of pyridine rings is 1. The van der Waals surface area contributed by atoms with Crippen LogP contribution in [0, 0.1) is 0 Å². The number of nitrogens with zero attached hydrogens (tertiary/aromatic N) is 4. The van der Waals surface area contributed by atoms with Gasteiger partial charge in [-0.15, -0.1) is 0 Å². The van der Waals surface area contributed by atoms with Gasteiger partial charge in [0.15, 0.2) is 11.5 Å². The van der Waals surface area contributed by atoms with Crippen molar-refractivity contribution >= 4 is 11.8 Å². The number of hydrogen-bond acceptors (Lipinski definition) is 7. The summed E-state index contributed by atoms with van der Waals surface area (Å²) in [7, 11) is 3.16. The molecule has 2 aliphatic rings. The first-order valence-corrected chi connectivity index (χ1v) is 10.7. The summed E-state index contributed by atoms with van der Waals surface area (Å²) in [6.45, 7) is -1.20. The van der Waals surface area contributed by atoms with Gasteiger partial charge in [0.05, 0.1) is 27.0 Å². The quantitative estimate of drug-likeness (QED) is 0.624. The lowest BCUT2D eigenvalue weighted by atomic mass is 9.81. The predicted octanol–water partition coefficient (Wildman–Crippen LogP) is 3.69. The van der Waals surface area contributed by atoms with Crippen LogP contribution in [0.5, 0.6) is 11.5 Å². The van der Waals surface area contributed by atoms with Crippen molar-refractivity contribution in [3.8, 4) is 22.6 Å². The number of rotatable bonds is 5. The van der Waals surface area contributed by atoms with Crippen molar-refractivity contribution < 1.29 is 18.3 Å². The highest BCUT2D eigenvalue weighted by molar-refractivity contribution is 6.12. The van der Waals surface area contributed by atoms with E-state index in [2.05, 4.69) is 9.98 Å². The van der Waals surface area contributed by atoms with E-state index in [4.69, 9.17) is 20.2 Å². The summed E-state index contributed by atoms with van der Waals surface area (Å²) in [6.07, 6.45) is 3.36. The molecule has 2 N–H and O–H groups in total. The molecule has 0 saturated heterocycles. The van der Waals surface area contributed by atoms with Crippen LogP contribution < -0.4 is 15.2 Å². The van der Waals surface area contributed by atoms with E-state index in [1.807, 2.05) is 42.5 Å². The van der Waals surface area contributed by atoms with Gasteiger partial charge in [-0.25, -0.2) is 13.8 Å². The number of alkyl halides is 2. The first-order chi connectivity index (χ1) is 16.4. The summed E-state index contributed by atoms with van der Waals surface area (Å²) in [5, 5.41) is 0. The van der Waals surface area contributed by atoms with E-state index in [9.17, 15) is 8.78 Å². The first-order valence-electron chi connectivity index (χ1n) is 10.7. The highest BCUT2D eigenvalue weighted by atomic mass is 19.3. The van der Waals surface area contributed by atoms with Gasteiger partial charge in [-0.2, -0.15) is 0 Å². The fraction of sp³-hybridized carbons (Fsp3) is 0.240. The third-order valence-electron chi connectivity index (χ3n) is 6.06. The van der Waals surface area contributed by atoms with Crippen LogP contribution in [0.2, 0.25) is 0 Å². The molecular formula is C25H23F2N5O2. The Kier molecular flexibility index (Phi) is 5.19. The van der Waals surface area contributed by atoms with Crippen molar-refractivity contribution in [2.45, 2.75) is 11.5 Å². The van der Waals surface area contributed by atoms with Gasteiger partial charge in [-0.3, -0.25) is 14.9 Å². The van der Waals surface area contributed by atoms with Crippen molar-refractivity contribution in [1.82, 2.24) is 9.88 Å². The van der Waals surface area contributed by atoms with Crippen LogP contribution in [0.15, 0.2) is 77.0 Å². The van der Waals surface area contributed by atoms with Crippen LogP contribution in [-0.2, 0) is 5.54 Å². The number of amidine groups is 1. The van der Waals surface area contributed by atoms with Gasteiger partial charge < -0.3 is 15.2 Å². The zero-order valence-electron chi connectivity index (χ0n) is 18.7. The van der Waals surface area contributed by atoms with Crippen molar-refractivity contribution in [2.75, 3.05) is 27.3 Å². The highest BCUT2D eigenvalue weighted by Gasteiger charge is 2.53. The van der Waals surface area contributed by atoms with E-state index >= 15 is 0 Å². The Balaban J connectivity index is 1.71. The van der Waals surface area contributed by atoms with Gasteiger partial charge in [-0.05, 0) is 41.0 Å². The zero-order chi connectivity index (χ0) is 23.9. The third kappa shape index (κ3) is 3.53. The summed E-state index contributed by atoms with van der Waals surface area (Å²) in [4.78, 5) is 14.6. The van der Waals surface area contributed by atoms with E-state index < -0.39 is 24.6 Å². The van der Waals surface area contributed by atoms with Gasteiger partial charge in [-0.1, -0.05) is 30.3 Å². The average molecular weight is 463 g/mol. The molecular weight excluding hydrogens is 440 g/mol. The lowest BCUT2D eigenvalue weighted by Gasteiger charge is -2.35. The maximum atomic E-state index is 14.2. The van der Waals surface area contributed by atoms with Crippen LogP contribution in [0.25, 0.3) is 11.1 Å². The second kappa shape index (κ2) is 8.09. The van der Waals surface area contributed by atoms with E-state index in [0.29, 0.717) is 17.3 Å². The topological polar surface area (TPSA) is 85.3 Å². The zero-order valence-corrected chi connectivity index (χ0v) is 18.7. The Bertz CT molecular complexity index is 1290. The molecule has 5 rings (SSSR count). The molecule has 34 heavy (non-hydrogen) atoms. The molecule has 2 aliphatic heterocycles. The largest absolute Gasteiger partial charge is 0.497 e. The van der Waals surface area contributed by atoms with Crippen molar-refractivity contribution in [3.05, 3.63) is 78.1 Å². The van der Waals surface area contributed by atoms with Crippen LogP contribution >= 0.6 is 0 Å². The maximum absolute atomic E-state index is 14.2. The van der Waals surface area contributed by atoms with Gasteiger partial charge in [0.2, 0.25) is 0 Å². The molecule has 0 spiro atoms. The second-order valence-electron chi connectivity index (χ2n) is 8.19. The smallest absolute Gasteiger partial charge is 0.284 e. The lowest BCUT2D eigenvalue weighted by molar-refractivity contribution is -0.00437. The van der Waals surface area contributed by atoms with Crippen molar-refractivity contribution in [3.63, 3.8) is 0 Å². The summed E-state index contributed by atoms with van der Waals surface area (Å²) in [6, 6.07) is 16.9. The van der Waals surface area contributed by atoms with Crippen LogP contribution in [0.3, 0.4) is 0 Å². The third-order valence-corrected chi connectivity index (χ3v) is 6.06. The SMILES string of the molecule is COc1ccc(C2(c3cccc(-c4cncc(OC)c4)c3)N=C(N)N3CC(F)(F)CN=C32)cc1. The number of methoxy groups -OCH3 is 2. The molecule has 3 aromatic rings. The summed E-state index contributed by atoms with van der Waals surface area (Å²) < 4.78 is 39.1. The first kappa shape index (κ1) is 21.8. The Morgan fingerprint density at radius 3 is 2.41 bits per heavy atom. The molecule has 174 valence electrons. The number of nitrogens with two attached hydrogens (primary N) is 1. The molecule has 0 bridgehead atoms. The average Bonchev–Trinajstić information content (AvgIpc) is 3.15. The number of aromatic nitrogens is 1. The number of fused-ring (bicyclic) bond motifs is 1. The van der Waals surface area contributed by atoms with E-state index in [-0.39, 0.29) is 5.96 Å². The van der Waals surface area contributed by atoms with Crippen LogP contribution in [0.4, 0.5) is 8.78 Å². The monoisotopic (exact) mass is 463 g/mol. The Hall–Kier alpha value is -4.01. The molecule has 0 saturated carbocycles. The normalized spacial score (nSPS) is 20.9. The molecule has 9 heteroatoms. The number of halogens is 2. The van der Waals surface area contributed by atoms with E-state index in [1.54, 1.807) is 38.7 Å². The molecule has 1 unspecified atom stereocenters. The van der Waals surface area contributed by atoms with Crippen molar-refractivity contribution in [1.29, 1.82) is 0 Å². The fourth-order valence-electron chi connectivity index (χ4n) is 4.41. The number of aliphatic imine (C=N–C) groups is 2. The molecule has 0 fully saturated rings. The summed E-state index contributed by atoms with van der Waals surface area (Å²) >= 11 is 0. The fourth-order valence-corrected chi connectivity index (χ4v) is 4.41. The van der Waals surface area contributed by atoms with E-state index in [1.165, 1.54) is 4.90 Å². The predicted molar refractivity (Wildman–Crippen MR) is 126 cm³/mol. The highest BCUT2D eigenvalue weighted by Crippen LogP contribution is 2.44. The number of hydrogen-bond donors (Lipinski definition) is 1. The summed E-state index contributed by atoms with van der Waals surface area (Å²) in [5.74, 6) is -1.32. The molecule has 0 aliphatic carbocycles. The Labute approximate surface area is 195 Å². The number of benzene rings is 2. The van der Waals surface area contributed by atoms with Crippen LogP contribution in [0.1, 0.15) is 11.1 Å². The van der Waals surface area contributed by atoms with Crippen LogP contribution in [-0.4, -0.2) is 54.9 Å². The minimum atomic E-state index is -2.99. The molecule has 0 amide bonds. The van der Waals surface area contributed by atoms with Gasteiger partial charge in [0.25, 0.3) is 5.92 Å². The maximum Gasteiger partial charge on any atom is 0.284 e. The minimum absolute atomic E-state index is 0.00222. The van der Waals surface area contributed by atoms with Gasteiger partial charge in [0.1, 0.15) is 23.9 Å². The van der Waals surface area contributed by atoms with E-state index in [0.717, 1.165) is 22.3 Å². The molecule has 1 aromatic heterocycles. The van der Waals surface area contributed by atoms with Gasteiger partial charge >= 0.3 is 0 Å². The second-order valence-corrected chi connectivity index (χ2v) is 8.19. The Morgan fingerprint density at radius 2 is 1.68 bits per heavy atom. The lowest BCUT2D eigenvalue weighted by Crippen LogP contribution is -2.53. The van der Waals surface area contributed by atoms with Gasteiger partial charge in [0, 0.05) is 11.8 Å². The molecule has 1 atom stereocenters. The molecule has 2 aromatic carbocycles. The summed E-state index contributed by atoms with van der Waals surface area (Å²) in [5.41, 5.74) is 8.22. The Morgan fingerprint density at radius 1 is 0.912 bits per heavy atom. The molecule has 7 nitrogen and oxygen atoms in total. The minimum Gasteiger partial charge on any atom is -0.497 e. The molecule has 3 heterocycles. The molecule has 0 radical (unpaired) electrons. The number of ether oxygens (including phenoxy) is 2. The van der Waals surface area contributed by atoms with Crippen molar-refractivity contribution in [2.24, 2.45) is 15.7 Å². The standard InChI is InChI=1S/C25H23F2N5O2/c1-33-20-8-6-18(7-9-20)25(22-30-14-24(26,27)15-32(22)23(28)31-25)19-5-3-4-16(10-19)17-11-21(34-2)13-29-12-17/h3-13H,14-15H2,1-2H3,(H2,28,31).